The molecule has 5 unspecified atom stereocenters. The molecule has 1 fully saturated rings. The van der Waals surface area contributed by atoms with Crippen LogP contribution in [-0.4, -0.2) is 91.5 Å². The number of fused-ring (bicyclic) bond motifs is 3. The molecular weight excluding hydrogens is 510 g/mol. The van der Waals surface area contributed by atoms with E-state index in [-0.39, 0.29) is 11.3 Å². The number of carbonyl (C=O) groups is 4. The molecule has 12 nitrogen and oxygen atoms in total. The smallest absolute Gasteiger partial charge is 0.255 e. The van der Waals surface area contributed by atoms with Crippen LogP contribution in [0, 0.1) is 11.8 Å². The number of aliphatic hydroxyl groups is 4. The van der Waals surface area contributed by atoms with Gasteiger partial charge < -0.3 is 36.6 Å². The molecule has 0 aliphatic heterocycles. The fraction of sp³-hybridized carbons (Fsp3) is 0.417. The highest BCUT2D eigenvalue weighted by atomic mass is 35.5. The van der Waals surface area contributed by atoms with Crippen LogP contribution in [0.2, 0.25) is 0 Å². The number of likely N-dealkylation sites (N-methyl/N-ethyl adjacent to an activating group) is 1. The van der Waals surface area contributed by atoms with Gasteiger partial charge in [-0.2, -0.15) is 0 Å². The lowest BCUT2D eigenvalue weighted by atomic mass is 9.54. The molecule has 0 saturated heterocycles. The number of rotatable bonds is 4. The second kappa shape index (κ2) is 8.84. The molecule has 8 N–H and O–H groups in total. The fourth-order valence-corrected chi connectivity index (χ4v) is 5.97. The maximum atomic E-state index is 13.9. The Bertz CT molecular complexity index is 1320. The lowest BCUT2D eigenvalue weighted by Crippen LogP contribution is -2.70. The van der Waals surface area contributed by atoms with Gasteiger partial charge in [0.1, 0.15) is 28.7 Å². The molecule has 1 aromatic rings. The monoisotopic (exact) mass is 535 g/mol. The summed E-state index contributed by atoms with van der Waals surface area (Å²) in [4.78, 5) is 52.1. The number of hydrogen-bond donors (Lipinski definition) is 7. The zero-order valence-electron chi connectivity index (χ0n) is 20.0. The molecule has 13 heteroatoms. The standard InChI is InChI=1S/C24H26ClN3O9/c1-7-8-4-5-9(27-10(29)6-25)17(30)12(8)18(31)13-11(7)19(32)15-16(28(2)3)20(33)14(23(26)36)22(35)24(15,37)21(13)34/h4-5,7,11,15-16,19,30-32,35,37H,6H2,1-3H3,(H2,26,36)(H,27,29)/t7?,11?,15?,16-,19?,24?/m0/s1. The van der Waals surface area contributed by atoms with E-state index < -0.39 is 93.2 Å². The number of carbonyl (C=O) groups excluding carboxylic acids is 4. The van der Waals surface area contributed by atoms with Crippen LogP contribution in [0.15, 0.2) is 29.0 Å². The Hall–Kier alpha value is -3.45. The van der Waals surface area contributed by atoms with Gasteiger partial charge in [0, 0.05) is 11.5 Å². The third-order valence-electron chi connectivity index (χ3n) is 7.52. The van der Waals surface area contributed by atoms with Gasteiger partial charge in [-0.25, -0.2) is 0 Å². The van der Waals surface area contributed by atoms with E-state index in [2.05, 4.69) is 5.32 Å². The Labute approximate surface area is 215 Å². The maximum Gasteiger partial charge on any atom is 0.255 e. The zero-order chi connectivity index (χ0) is 27.7. The minimum Gasteiger partial charge on any atom is -0.508 e. The number of ketones is 2. The van der Waals surface area contributed by atoms with Gasteiger partial charge in [-0.15, -0.1) is 11.6 Å². The molecule has 1 saturated carbocycles. The maximum absolute atomic E-state index is 13.9. The Kier molecular flexibility index (Phi) is 6.36. The normalized spacial score (nSPS) is 31.2. The van der Waals surface area contributed by atoms with Crippen molar-refractivity contribution >= 4 is 46.4 Å². The lowest BCUT2D eigenvalue weighted by Gasteiger charge is -2.53. The summed E-state index contributed by atoms with van der Waals surface area (Å²) in [5, 5.41) is 58.5. The number of phenols is 1. The molecule has 3 aliphatic rings. The van der Waals surface area contributed by atoms with Gasteiger partial charge in [0.2, 0.25) is 11.7 Å². The predicted octanol–water partition coefficient (Wildman–Crippen LogP) is -0.327. The number of nitrogens with one attached hydrogen (secondary N) is 1. The molecular formula is C24H26ClN3O9. The fourth-order valence-electron chi connectivity index (χ4n) is 5.90. The largest absolute Gasteiger partial charge is 0.508 e. The summed E-state index contributed by atoms with van der Waals surface area (Å²) < 4.78 is 0. The van der Waals surface area contributed by atoms with Crippen molar-refractivity contribution in [3.8, 4) is 5.75 Å². The third-order valence-corrected chi connectivity index (χ3v) is 7.77. The molecule has 0 bridgehead atoms. The van der Waals surface area contributed by atoms with E-state index >= 15 is 0 Å². The number of phenolic OH excluding ortho intramolecular Hbond substituents is 1. The Morgan fingerprint density at radius 2 is 1.81 bits per heavy atom. The van der Waals surface area contributed by atoms with Crippen molar-refractivity contribution < 1.29 is 44.7 Å². The summed E-state index contributed by atoms with van der Waals surface area (Å²) in [6.45, 7) is 1.60. The SMILES string of the molecule is CC1c2ccc(NC(=O)CCl)c(O)c2C(O)=C2C(=O)C3(O)C(O)=C(C(N)=O)C(=O)[C@@H](N(C)C)C3C(O)C21. The van der Waals surface area contributed by atoms with Crippen molar-refractivity contribution in [1.29, 1.82) is 0 Å². The minimum atomic E-state index is -3.00. The summed E-state index contributed by atoms with van der Waals surface area (Å²) >= 11 is 5.51. The van der Waals surface area contributed by atoms with E-state index in [0.717, 1.165) is 0 Å². The Morgan fingerprint density at radius 3 is 2.35 bits per heavy atom. The van der Waals surface area contributed by atoms with E-state index in [0.29, 0.717) is 5.56 Å². The van der Waals surface area contributed by atoms with Crippen LogP contribution in [0.1, 0.15) is 24.0 Å². The second-order valence-corrected chi connectivity index (χ2v) is 9.92. The van der Waals surface area contributed by atoms with E-state index in [1.165, 1.54) is 31.1 Å². The second-order valence-electron chi connectivity index (χ2n) is 9.66. The minimum absolute atomic E-state index is 0.114. The number of anilines is 1. The molecule has 0 spiro atoms. The van der Waals surface area contributed by atoms with Gasteiger partial charge >= 0.3 is 0 Å². The number of hydrogen-bond acceptors (Lipinski definition) is 10. The first-order chi connectivity index (χ1) is 17.2. The van der Waals surface area contributed by atoms with Crippen LogP contribution in [0.4, 0.5) is 5.69 Å². The molecule has 0 aromatic heterocycles. The number of alkyl halides is 1. The van der Waals surface area contributed by atoms with E-state index in [1.54, 1.807) is 6.92 Å². The van der Waals surface area contributed by atoms with Crippen molar-refractivity contribution in [3.05, 3.63) is 40.2 Å². The van der Waals surface area contributed by atoms with Crippen LogP contribution >= 0.6 is 11.6 Å². The number of aromatic hydroxyl groups is 1. The number of primary amides is 1. The highest BCUT2D eigenvalue weighted by Gasteiger charge is 2.68. The van der Waals surface area contributed by atoms with Crippen LogP contribution in [0.3, 0.4) is 0 Å². The van der Waals surface area contributed by atoms with E-state index in [4.69, 9.17) is 17.3 Å². The van der Waals surface area contributed by atoms with E-state index in [1.807, 2.05) is 0 Å². The Morgan fingerprint density at radius 1 is 1.19 bits per heavy atom. The van der Waals surface area contributed by atoms with Crippen molar-refractivity contribution in [2.45, 2.75) is 30.6 Å². The zero-order valence-corrected chi connectivity index (χ0v) is 20.8. The van der Waals surface area contributed by atoms with Crippen LogP contribution < -0.4 is 11.1 Å². The number of benzene rings is 1. The van der Waals surface area contributed by atoms with Gasteiger partial charge in [-0.3, -0.25) is 24.1 Å². The molecule has 6 atom stereocenters. The molecule has 198 valence electrons. The summed E-state index contributed by atoms with van der Waals surface area (Å²) in [6.07, 6.45) is -1.69. The lowest BCUT2D eigenvalue weighted by molar-refractivity contribution is -0.169. The Balaban J connectivity index is 2.01. The first kappa shape index (κ1) is 26.6. The van der Waals surface area contributed by atoms with Crippen LogP contribution in [0.5, 0.6) is 5.75 Å². The van der Waals surface area contributed by atoms with Crippen molar-refractivity contribution in [3.63, 3.8) is 0 Å². The molecule has 0 radical (unpaired) electrons. The van der Waals surface area contributed by atoms with Gasteiger partial charge in [-0.05, 0) is 31.6 Å². The average molecular weight is 536 g/mol. The van der Waals surface area contributed by atoms with Gasteiger partial charge in [0.25, 0.3) is 5.91 Å². The quantitative estimate of drug-likeness (QED) is 0.151. The van der Waals surface area contributed by atoms with Gasteiger partial charge in [0.05, 0.1) is 29.3 Å². The van der Waals surface area contributed by atoms with E-state index in [9.17, 15) is 44.7 Å². The summed E-state index contributed by atoms with van der Waals surface area (Å²) in [5.74, 6) is -11.0. The molecule has 1 aromatic carbocycles. The van der Waals surface area contributed by atoms with Gasteiger partial charge in [0.15, 0.2) is 11.4 Å². The number of Topliss-reactive ketones (excluding diaryl/α,β-unsaturated/α-hetero) is 2. The number of aliphatic hydroxyl groups excluding tert-OH is 3. The van der Waals surface area contributed by atoms with Crippen LogP contribution in [-0.2, 0) is 19.2 Å². The highest BCUT2D eigenvalue weighted by Crippen LogP contribution is 2.56. The van der Waals surface area contributed by atoms with Crippen molar-refractivity contribution in [1.82, 2.24) is 4.90 Å². The topological polar surface area (TPSA) is 211 Å². The number of amides is 2. The first-order valence-electron chi connectivity index (χ1n) is 11.3. The molecule has 37 heavy (non-hydrogen) atoms. The molecule has 4 rings (SSSR count). The molecule has 3 aliphatic carbocycles. The summed E-state index contributed by atoms with van der Waals surface area (Å²) in [6, 6.07) is 1.41. The van der Waals surface area contributed by atoms with Crippen molar-refractivity contribution in [2.24, 2.45) is 17.6 Å². The molecule has 2 amide bonds. The highest BCUT2D eigenvalue weighted by molar-refractivity contribution is 6.29. The summed E-state index contributed by atoms with van der Waals surface area (Å²) in [5.41, 5.74) is 0.738. The number of halogens is 1. The van der Waals surface area contributed by atoms with Gasteiger partial charge in [-0.1, -0.05) is 13.0 Å². The van der Waals surface area contributed by atoms with Crippen LogP contribution in [0.25, 0.3) is 5.76 Å². The summed E-state index contributed by atoms with van der Waals surface area (Å²) in [7, 11) is 2.86. The van der Waals surface area contributed by atoms with Crippen molar-refractivity contribution in [2.75, 3.05) is 25.3 Å². The number of nitrogens with two attached hydrogens (primary N) is 1. The average Bonchev–Trinajstić information content (AvgIpc) is 2.82. The first-order valence-corrected chi connectivity index (χ1v) is 11.8. The third kappa shape index (κ3) is 3.47. The predicted molar refractivity (Wildman–Crippen MR) is 130 cm³/mol. The molecule has 0 heterocycles. The number of nitrogens with zero attached hydrogens (tertiary/aromatic N) is 1.